The van der Waals surface area contributed by atoms with Crippen LogP contribution >= 0.6 is 0 Å². The van der Waals surface area contributed by atoms with E-state index in [0.29, 0.717) is 6.42 Å². The second kappa shape index (κ2) is 6.60. The van der Waals surface area contributed by atoms with Crippen molar-refractivity contribution >= 4 is 0 Å². The molecule has 0 radical (unpaired) electrons. The van der Waals surface area contributed by atoms with E-state index in [1.54, 1.807) is 0 Å². The lowest BCUT2D eigenvalue weighted by Crippen LogP contribution is -2.25. The fourth-order valence-electron chi connectivity index (χ4n) is 3.37. The molecule has 0 amide bonds. The Morgan fingerprint density at radius 2 is 1.68 bits per heavy atom. The van der Waals surface area contributed by atoms with Crippen LogP contribution in [0.25, 0.3) is 0 Å². The molecule has 0 bridgehead atoms. The van der Waals surface area contributed by atoms with Crippen LogP contribution in [0.2, 0.25) is 0 Å². The van der Waals surface area contributed by atoms with Crippen LogP contribution in [0.1, 0.15) is 23.6 Å². The zero-order chi connectivity index (χ0) is 15.4. The van der Waals surface area contributed by atoms with Gasteiger partial charge in [0, 0.05) is 31.5 Å². The molecule has 110 valence electrons. The molecule has 1 heterocycles. The van der Waals surface area contributed by atoms with Crippen LogP contribution in [-0.4, -0.2) is 11.4 Å². The third-order valence-corrected chi connectivity index (χ3v) is 4.39. The molecule has 0 aromatic heterocycles. The number of hydrogen-bond acceptors (Lipinski definition) is 2. The van der Waals surface area contributed by atoms with Gasteiger partial charge in [0.1, 0.15) is 0 Å². The van der Waals surface area contributed by atoms with Gasteiger partial charge in [0.05, 0.1) is 6.07 Å². The highest BCUT2D eigenvalue weighted by Gasteiger charge is 2.37. The molecule has 1 aliphatic rings. The molecular formula is C20H20N2. The predicted molar refractivity (Wildman–Crippen MR) is 88.9 cm³/mol. The quantitative estimate of drug-likeness (QED) is 0.783. The normalized spacial score (nSPS) is 21.7. The summed E-state index contributed by atoms with van der Waals surface area (Å²) in [6, 6.07) is 23.6. The molecule has 1 fully saturated rings. The third kappa shape index (κ3) is 2.95. The summed E-state index contributed by atoms with van der Waals surface area (Å²) in [6.45, 7) is 5.98. The second-order valence-electron chi connectivity index (χ2n) is 5.87. The summed E-state index contributed by atoms with van der Waals surface area (Å²) in [5.41, 5.74) is 3.75. The number of nitrogens with zero attached hydrogens (tertiary/aromatic N) is 2. The summed E-state index contributed by atoms with van der Waals surface area (Å²) in [7, 11) is 0. The van der Waals surface area contributed by atoms with Crippen molar-refractivity contribution in [2.75, 3.05) is 6.54 Å². The number of hydrogen-bond donors (Lipinski definition) is 0. The van der Waals surface area contributed by atoms with Gasteiger partial charge < -0.3 is 0 Å². The van der Waals surface area contributed by atoms with E-state index in [1.807, 2.05) is 12.1 Å². The lowest BCUT2D eigenvalue weighted by molar-refractivity contribution is 0.221. The minimum Gasteiger partial charge on any atom is -0.288 e. The highest BCUT2D eigenvalue weighted by molar-refractivity contribution is 5.29. The van der Waals surface area contributed by atoms with Gasteiger partial charge in [0.25, 0.3) is 0 Å². The maximum atomic E-state index is 9.18. The number of rotatable bonds is 4. The minimum absolute atomic E-state index is 0.219. The van der Waals surface area contributed by atoms with Crippen LogP contribution in [0.3, 0.4) is 0 Å². The summed E-state index contributed by atoms with van der Waals surface area (Å²) in [6.07, 6.45) is 0.531. The van der Waals surface area contributed by atoms with Crippen LogP contribution in [-0.2, 0) is 6.54 Å². The molecule has 0 N–H and O–H groups in total. The van der Waals surface area contributed by atoms with Crippen molar-refractivity contribution in [1.82, 2.24) is 4.90 Å². The van der Waals surface area contributed by atoms with Gasteiger partial charge in [-0.2, -0.15) is 5.26 Å². The molecule has 0 saturated carbocycles. The van der Waals surface area contributed by atoms with Crippen molar-refractivity contribution in [1.29, 1.82) is 5.26 Å². The van der Waals surface area contributed by atoms with Crippen molar-refractivity contribution in [3.05, 3.63) is 83.9 Å². The van der Waals surface area contributed by atoms with Crippen molar-refractivity contribution in [3.63, 3.8) is 0 Å². The van der Waals surface area contributed by atoms with Gasteiger partial charge in [-0.1, -0.05) is 72.8 Å². The summed E-state index contributed by atoms with van der Waals surface area (Å²) < 4.78 is 0. The molecule has 22 heavy (non-hydrogen) atoms. The van der Waals surface area contributed by atoms with Crippen LogP contribution in [0.4, 0.5) is 0 Å². The van der Waals surface area contributed by atoms with E-state index < -0.39 is 0 Å². The minimum atomic E-state index is 0.219. The Labute approximate surface area is 132 Å². The summed E-state index contributed by atoms with van der Waals surface area (Å²) >= 11 is 0. The van der Waals surface area contributed by atoms with Gasteiger partial charge in [-0.3, -0.25) is 4.90 Å². The molecule has 0 unspecified atom stereocenters. The molecule has 2 nitrogen and oxygen atoms in total. The monoisotopic (exact) mass is 288 g/mol. The van der Waals surface area contributed by atoms with Crippen molar-refractivity contribution < 1.29 is 0 Å². The average Bonchev–Trinajstić information content (AvgIpc) is 2.85. The summed E-state index contributed by atoms with van der Waals surface area (Å²) in [4.78, 5) is 2.44. The van der Waals surface area contributed by atoms with E-state index in [9.17, 15) is 5.26 Å². The van der Waals surface area contributed by atoms with Gasteiger partial charge in [0.2, 0.25) is 0 Å². The molecule has 2 aromatic rings. The van der Waals surface area contributed by atoms with Crippen LogP contribution in [0.5, 0.6) is 0 Å². The molecule has 2 atom stereocenters. The zero-order valence-electron chi connectivity index (χ0n) is 12.7. The van der Waals surface area contributed by atoms with Gasteiger partial charge in [0.15, 0.2) is 0 Å². The maximum Gasteiger partial charge on any atom is 0.0628 e. The molecule has 1 saturated heterocycles. The molecule has 0 spiro atoms. The number of benzene rings is 2. The molecule has 0 aliphatic carbocycles. The number of nitriles is 1. The molecule has 1 aliphatic heterocycles. The Morgan fingerprint density at radius 3 is 2.32 bits per heavy atom. The van der Waals surface area contributed by atoms with Gasteiger partial charge in [-0.25, -0.2) is 0 Å². The van der Waals surface area contributed by atoms with Crippen LogP contribution in [0.15, 0.2) is 72.8 Å². The van der Waals surface area contributed by atoms with Crippen LogP contribution in [0, 0.1) is 17.2 Å². The zero-order valence-corrected chi connectivity index (χ0v) is 12.7. The van der Waals surface area contributed by atoms with E-state index in [1.165, 1.54) is 16.7 Å². The van der Waals surface area contributed by atoms with E-state index >= 15 is 0 Å². The first-order valence-electron chi connectivity index (χ1n) is 7.67. The Bertz CT molecular complexity index is 670. The SMILES string of the molecule is C=C1CN(Cc2ccccc2)[C@@H](c2ccccc2)[C@@H]1CC#N. The van der Waals surface area contributed by atoms with Gasteiger partial charge in [-0.15, -0.1) is 0 Å². The molecule has 2 heteroatoms. The topological polar surface area (TPSA) is 27.0 Å². The Kier molecular flexibility index (Phi) is 4.37. The first-order valence-corrected chi connectivity index (χ1v) is 7.67. The Morgan fingerprint density at radius 1 is 1.05 bits per heavy atom. The molecule has 2 aromatic carbocycles. The maximum absolute atomic E-state index is 9.18. The third-order valence-electron chi connectivity index (χ3n) is 4.39. The lowest BCUT2D eigenvalue weighted by atomic mass is 9.89. The van der Waals surface area contributed by atoms with E-state index in [4.69, 9.17) is 0 Å². The first kappa shape index (κ1) is 14.6. The second-order valence-corrected chi connectivity index (χ2v) is 5.87. The Balaban J connectivity index is 1.91. The summed E-state index contributed by atoms with van der Waals surface area (Å²) in [5, 5.41) is 9.18. The fraction of sp³-hybridized carbons (Fsp3) is 0.250. The largest absolute Gasteiger partial charge is 0.288 e. The standard InChI is InChI=1S/C20H20N2/c1-16-14-22(15-17-8-4-2-5-9-17)20(19(16)12-13-21)18-10-6-3-7-11-18/h2-11,19-20H,1,12,14-15H2/t19-,20+/m1/s1. The molecule has 3 rings (SSSR count). The van der Waals surface area contributed by atoms with Gasteiger partial charge in [-0.05, 0) is 11.1 Å². The predicted octanol–water partition coefficient (Wildman–Crippen LogP) is 4.33. The van der Waals surface area contributed by atoms with Crippen molar-refractivity contribution in [2.24, 2.45) is 5.92 Å². The van der Waals surface area contributed by atoms with Crippen LogP contribution < -0.4 is 0 Å². The molecular weight excluding hydrogens is 268 g/mol. The highest BCUT2D eigenvalue weighted by Crippen LogP contribution is 2.42. The lowest BCUT2D eigenvalue weighted by Gasteiger charge is -2.27. The fourth-order valence-corrected chi connectivity index (χ4v) is 3.37. The van der Waals surface area contributed by atoms with Crippen molar-refractivity contribution in [3.8, 4) is 6.07 Å². The smallest absolute Gasteiger partial charge is 0.0628 e. The average molecular weight is 288 g/mol. The first-order chi connectivity index (χ1) is 10.8. The van der Waals surface area contributed by atoms with Gasteiger partial charge >= 0.3 is 0 Å². The Hall–Kier alpha value is -2.37. The summed E-state index contributed by atoms with van der Waals surface area (Å²) in [5.74, 6) is 0.219. The highest BCUT2D eigenvalue weighted by atomic mass is 15.2. The van der Waals surface area contributed by atoms with Crippen molar-refractivity contribution in [2.45, 2.75) is 19.0 Å². The number of likely N-dealkylation sites (tertiary alicyclic amines) is 1. The van der Waals surface area contributed by atoms with E-state index in [0.717, 1.165) is 13.1 Å². The van der Waals surface area contributed by atoms with E-state index in [2.05, 4.69) is 66.1 Å². The van der Waals surface area contributed by atoms with E-state index in [-0.39, 0.29) is 12.0 Å².